The van der Waals surface area contributed by atoms with Gasteiger partial charge in [-0.15, -0.1) is 0 Å². The Morgan fingerprint density at radius 2 is 1.92 bits per heavy atom. The van der Waals surface area contributed by atoms with Crippen molar-refractivity contribution < 1.29 is 13.9 Å². The molecule has 1 aliphatic rings. The first-order valence-electron chi connectivity index (χ1n) is 8.44. The van der Waals surface area contributed by atoms with E-state index in [0.717, 1.165) is 30.7 Å². The van der Waals surface area contributed by atoms with Crippen LogP contribution in [-0.4, -0.2) is 27.7 Å². The van der Waals surface area contributed by atoms with Crippen molar-refractivity contribution in [3.05, 3.63) is 41.6 Å². The molecule has 5 nitrogen and oxygen atoms in total. The fourth-order valence-corrected chi connectivity index (χ4v) is 2.49. The van der Waals surface area contributed by atoms with E-state index in [1.807, 2.05) is 19.9 Å². The Balaban J connectivity index is 1.86. The van der Waals surface area contributed by atoms with E-state index in [9.17, 15) is 13.9 Å². The van der Waals surface area contributed by atoms with E-state index >= 15 is 0 Å². The van der Waals surface area contributed by atoms with Crippen LogP contribution in [0.25, 0.3) is 0 Å². The third kappa shape index (κ3) is 4.42. The standard InChI is InChI=1S/C18H22F2N4O/c1-10(2)16(9-25)23-18-22-15(11-3-4-11)8-17(24-18)21-12-5-6-13(19)14(20)7-12/h5-8,10-11,16,25H,3-4,9H2,1-2H3,(H2,21,22,23,24)/t16-/m0/s1. The predicted octanol–water partition coefficient (Wildman–Crippen LogP) is 3.80. The van der Waals surface area contributed by atoms with Crippen molar-refractivity contribution >= 4 is 17.5 Å². The summed E-state index contributed by atoms with van der Waals surface area (Å²) in [5.74, 6) is -0.272. The summed E-state index contributed by atoms with van der Waals surface area (Å²) in [5, 5.41) is 15.6. The van der Waals surface area contributed by atoms with Crippen LogP contribution in [0.1, 0.15) is 38.3 Å². The van der Waals surface area contributed by atoms with Gasteiger partial charge in [0.2, 0.25) is 5.95 Å². The van der Waals surface area contributed by atoms with E-state index in [0.29, 0.717) is 23.4 Å². The van der Waals surface area contributed by atoms with Gasteiger partial charge in [0, 0.05) is 23.7 Å². The summed E-state index contributed by atoms with van der Waals surface area (Å²) in [6, 6.07) is 5.28. The van der Waals surface area contributed by atoms with E-state index in [-0.39, 0.29) is 18.6 Å². The Morgan fingerprint density at radius 3 is 2.52 bits per heavy atom. The molecule has 25 heavy (non-hydrogen) atoms. The Morgan fingerprint density at radius 1 is 1.16 bits per heavy atom. The smallest absolute Gasteiger partial charge is 0.225 e. The lowest BCUT2D eigenvalue weighted by atomic mass is 10.1. The summed E-state index contributed by atoms with van der Waals surface area (Å²) < 4.78 is 26.5. The molecule has 2 aromatic rings. The summed E-state index contributed by atoms with van der Waals surface area (Å²) in [4.78, 5) is 8.93. The van der Waals surface area contributed by atoms with Gasteiger partial charge < -0.3 is 15.7 Å². The van der Waals surface area contributed by atoms with Crippen LogP contribution in [-0.2, 0) is 0 Å². The van der Waals surface area contributed by atoms with Crippen molar-refractivity contribution in [2.45, 2.75) is 38.6 Å². The average molecular weight is 348 g/mol. The van der Waals surface area contributed by atoms with Crippen molar-refractivity contribution in [2.24, 2.45) is 5.92 Å². The first kappa shape index (κ1) is 17.5. The molecular formula is C18H22F2N4O. The molecule has 3 rings (SSSR count). The van der Waals surface area contributed by atoms with Gasteiger partial charge in [0.05, 0.1) is 18.3 Å². The molecule has 3 N–H and O–H groups in total. The van der Waals surface area contributed by atoms with Crippen molar-refractivity contribution in [1.82, 2.24) is 9.97 Å². The second-order valence-corrected chi connectivity index (χ2v) is 6.71. The SMILES string of the molecule is CC(C)[C@H](CO)Nc1nc(Nc2ccc(F)c(F)c2)cc(C2CC2)n1. The summed E-state index contributed by atoms with van der Waals surface area (Å²) in [6.07, 6.45) is 2.16. The van der Waals surface area contributed by atoms with Crippen LogP contribution in [0.5, 0.6) is 0 Å². The van der Waals surface area contributed by atoms with E-state index < -0.39 is 11.6 Å². The second-order valence-electron chi connectivity index (χ2n) is 6.71. The Kier molecular flexibility index (Phi) is 5.13. The zero-order chi connectivity index (χ0) is 18.0. The van der Waals surface area contributed by atoms with Gasteiger partial charge in [-0.05, 0) is 30.9 Å². The van der Waals surface area contributed by atoms with Gasteiger partial charge in [-0.1, -0.05) is 13.8 Å². The largest absolute Gasteiger partial charge is 0.394 e. The maximum absolute atomic E-state index is 13.4. The molecule has 134 valence electrons. The maximum Gasteiger partial charge on any atom is 0.225 e. The lowest BCUT2D eigenvalue weighted by Crippen LogP contribution is -2.30. The van der Waals surface area contributed by atoms with Crippen LogP contribution >= 0.6 is 0 Å². The van der Waals surface area contributed by atoms with Gasteiger partial charge in [0.1, 0.15) is 5.82 Å². The fraction of sp³-hybridized carbons (Fsp3) is 0.444. The van der Waals surface area contributed by atoms with Crippen LogP contribution in [0.3, 0.4) is 0 Å². The van der Waals surface area contributed by atoms with Crippen LogP contribution in [0, 0.1) is 17.6 Å². The quantitative estimate of drug-likeness (QED) is 0.710. The molecule has 1 fully saturated rings. The number of rotatable bonds is 7. The number of aliphatic hydroxyl groups excluding tert-OH is 1. The third-order valence-electron chi connectivity index (χ3n) is 4.25. The van der Waals surface area contributed by atoms with Crippen molar-refractivity contribution in [3.63, 3.8) is 0 Å². The molecule has 7 heteroatoms. The monoisotopic (exact) mass is 348 g/mol. The number of nitrogens with one attached hydrogen (secondary N) is 2. The van der Waals surface area contributed by atoms with Crippen LogP contribution in [0.2, 0.25) is 0 Å². The first-order valence-corrected chi connectivity index (χ1v) is 8.44. The summed E-state index contributed by atoms with van der Waals surface area (Å²) in [7, 11) is 0. The van der Waals surface area contributed by atoms with Crippen LogP contribution in [0.15, 0.2) is 24.3 Å². The topological polar surface area (TPSA) is 70.1 Å². The molecule has 1 atom stereocenters. The zero-order valence-electron chi connectivity index (χ0n) is 14.3. The highest BCUT2D eigenvalue weighted by Gasteiger charge is 2.26. The number of hydrogen-bond acceptors (Lipinski definition) is 5. The summed E-state index contributed by atoms with van der Waals surface area (Å²) >= 11 is 0. The molecule has 1 aromatic heterocycles. The molecular weight excluding hydrogens is 326 g/mol. The maximum atomic E-state index is 13.4. The first-order chi connectivity index (χ1) is 12.0. The lowest BCUT2D eigenvalue weighted by Gasteiger charge is -2.20. The molecule has 0 amide bonds. The fourth-order valence-electron chi connectivity index (χ4n) is 2.49. The minimum Gasteiger partial charge on any atom is -0.394 e. The average Bonchev–Trinajstić information content (AvgIpc) is 3.40. The molecule has 0 radical (unpaired) electrons. The molecule has 1 heterocycles. The highest BCUT2D eigenvalue weighted by molar-refractivity contribution is 5.58. The molecule has 0 spiro atoms. The number of halogens is 2. The van der Waals surface area contributed by atoms with E-state index in [1.54, 1.807) is 0 Å². The molecule has 1 aromatic carbocycles. The van der Waals surface area contributed by atoms with Crippen molar-refractivity contribution in [3.8, 4) is 0 Å². The summed E-state index contributed by atoms with van der Waals surface area (Å²) in [5.41, 5.74) is 1.32. The number of hydrogen-bond donors (Lipinski definition) is 3. The minimum atomic E-state index is -0.917. The van der Waals surface area contributed by atoms with Gasteiger partial charge >= 0.3 is 0 Å². The van der Waals surface area contributed by atoms with Crippen LogP contribution < -0.4 is 10.6 Å². The molecule has 1 saturated carbocycles. The Hall–Kier alpha value is -2.28. The van der Waals surface area contributed by atoms with Gasteiger partial charge in [-0.2, -0.15) is 4.98 Å². The van der Waals surface area contributed by atoms with Crippen molar-refractivity contribution in [1.29, 1.82) is 0 Å². The molecule has 0 aliphatic heterocycles. The zero-order valence-corrected chi connectivity index (χ0v) is 14.3. The van der Waals surface area contributed by atoms with E-state index in [2.05, 4.69) is 20.6 Å². The van der Waals surface area contributed by atoms with E-state index in [4.69, 9.17) is 0 Å². The number of nitrogens with zero attached hydrogens (tertiary/aromatic N) is 2. The highest BCUT2D eigenvalue weighted by Crippen LogP contribution is 2.40. The number of benzene rings is 1. The van der Waals surface area contributed by atoms with Crippen molar-refractivity contribution in [2.75, 3.05) is 17.2 Å². The number of aliphatic hydroxyl groups is 1. The van der Waals surface area contributed by atoms with Crippen LogP contribution in [0.4, 0.5) is 26.2 Å². The molecule has 0 unspecified atom stereocenters. The minimum absolute atomic E-state index is 0.0272. The van der Waals surface area contributed by atoms with Gasteiger partial charge in [-0.25, -0.2) is 13.8 Å². The Bertz CT molecular complexity index is 750. The third-order valence-corrected chi connectivity index (χ3v) is 4.25. The molecule has 1 aliphatic carbocycles. The van der Waals surface area contributed by atoms with Gasteiger partial charge in [-0.3, -0.25) is 0 Å². The highest BCUT2D eigenvalue weighted by atomic mass is 19.2. The lowest BCUT2D eigenvalue weighted by molar-refractivity contribution is 0.248. The number of anilines is 3. The van der Waals surface area contributed by atoms with Gasteiger partial charge in [0.15, 0.2) is 11.6 Å². The molecule has 0 saturated heterocycles. The second kappa shape index (κ2) is 7.31. The summed E-state index contributed by atoms with van der Waals surface area (Å²) in [6.45, 7) is 3.97. The normalized spacial score (nSPS) is 15.3. The Labute approximate surface area is 145 Å². The predicted molar refractivity (Wildman–Crippen MR) is 93.0 cm³/mol. The number of aromatic nitrogens is 2. The van der Waals surface area contributed by atoms with E-state index in [1.165, 1.54) is 6.07 Å². The van der Waals surface area contributed by atoms with Gasteiger partial charge in [0.25, 0.3) is 0 Å². The molecule has 0 bridgehead atoms.